The SMILES string of the molecule is CCCCCCCCCCCCCCCCOC(=O)[C@@H]1C[C@@H](O)CN1. The van der Waals surface area contributed by atoms with Gasteiger partial charge in [0.1, 0.15) is 6.04 Å². The fourth-order valence-electron chi connectivity index (χ4n) is 3.47. The van der Waals surface area contributed by atoms with E-state index >= 15 is 0 Å². The third-order valence-corrected chi connectivity index (χ3v) is 5.13. The Morgan fingerprint density at radius 1 is 0.880 bits per heavy atom. The Morgan fingerprint density at radius 2 is 1.36 bits per heavy atom. The lowest BCUT2D eigenvalue weighted by molar-refractivity contribution is -0.146. The predicted molar refractivity (Wildman–Crippen MR) is 104 cm³/mol. The summed E-state index contributed by atoms with van der Waals surface area (Å²) < 4.78 is 5.27. The third kappa shape index (κ3) is 12.4. The summed E-state index contributed by atoms with van der Waals surface area (Å²) in [7, 11) is 0. The predicted octanol–water partition coefficient (Wildman–Crippen LogP) is 4.73. The Hall–Kier alpha value is -0.610. The molecule has 0 aliphatic carbocycles. The van der Waals surface area contributed by atoms with Crippen molar-refractivity contribution in [3.63, 3.8) is 0 Å². The van der Waals surface area contributed by atoms with Crippen LogP contribution >= 0.6 is 0 Å². The van der Waals surface area contributed by atoms with Gasteiger partial charge in [0.25, 0.3) is 0 Å². The molecule has 1 saturated heterocycles. The topological polar surface area (TPSA) is 58.6 Å². The van der Waals surface area contributed by atoms with Crippen LogP contribution in [0.4, 0.5) is 0 Å². The van der Waals surface area contributed by atoms with Gasteiger partial charge in [0.15, 0.2) is 0 Å². The highest BCUT2D eigenvalue weighted by molar-refractivity contribution is 5.76. The number of hydrogen-bond donors (Lipinski definition) is 2. The largest absolute Gasteiger partial charge is 0.465 e. The van der Waals surface area contributed by atoms with E-state index in [1.165, 1.54) is 77.0 Å². The first kappa shape index (κ1) is 22.4. The van der Waals surface area contributed by atoms with Crippen LogP contribution in [-0.2, 0) is 9.53 Å². The number of unbranched alkanes of at least 4 members (excludes halogenated alkanes) is 13. The zero-order valence-corrected chi connectivity index (χ0v) is 16.4. The fourth-order valence-corrected chi connectivity index (χ4v) is 3.47. The number of hydrogen-bond acceptors (Lipinski definition) is 4. The summed E-state index contributed by atoms with van der Waals surface area (Å²) in [5.41, 5.74) is 0. The molecule has 1 aliphatic rings. The van der Waals surface area contributed by atoms with Gasteiger partial charge >= 0.3 is 5.97 Å². The van der Waals surface area contributed by atoms with Gasteiger partial charge in [-0.3, -0.25) is 4.79 Å². The lowest BCUT2D eigenvalue weighted by atomic mass is 10.0. The number of rotatable bonds is 16. The Bertz CT molecular complexity index is 322. The van der Waals surface area contributed by atoms with Crippen LogP contribution in [0, 0.1) is 0 Å². The Labute approximate surface area is 155 Å². The van der Waals surface area contributed by atoms with Crippen LogP contribution in [0.25, 0.3) is 0 Å². The van der Waals surface area contributed by atoms with Crippen molar-refractivity contribution in [3.05, 3.63) is 0 Å². The molecule has 1 fully saturated rings. The summed E-state index contributed by atoms with van der Waals surface area (Å²) in [5.74, 6) is -0.203. The minimum Gasteiger partial charge on any atom is -0.465 e. The molecule has 2 atom stereocenters. The molecule has 1 rings (SSSR count). The monoisotopic (exact) mass is 355 g/mol. The van der Waals surface area contributed by atoms with E-state index in [0.717, 1.165) is 12.8 Å². The molecule has 0 saturated carbocycles. The molecule has 0 spiro atoms. The Balaban J connectivity index is 1.74. The summed E-state index contributed by atoms with van der Waals surface area (Å²) in [4.78, 5) is 11.7. The molecule has 25 heavy (non-hydrogen) atoms. The molecule has 148 valence electrons. The van der Waals surface area contributed by atoms with E-state index in [4.69, 9.17) is 4.74 Å². The van der Waals surface area contributed by atoms with Gasteiger partial charge in [0.2, 0.25) is 0 Å². The lowest BCUT2D eigenvalue weighted by Gasteiger charge is -2.10. The minimum atomic E-state index is -0.404. The maximum atomic E-state index is 11.7. The van der Waals surface area contributed by atoms with Gasteiger partial charge in [-0.25, -0.2) is 0 Å². The van der Waals surface area contributed by atoms with E-state index in [1.54, 1.807) is 0 Å². The van der Waals surface area contributed by atoms with Crippen molar-refractivity contribution in [2.24, 2.45) is 0 Å². The number of esters is 1. The third-order valence-electron chi connectivity index (χ3n) is 5.13. The Morgan fingerprint density at radius 3 is 1.80 bits per heavy atom. The number of β-amino-alcohol motifs (C(OH)–C–C–N with tert-alkyl or cyclic N) is 1. The standard InChI is InChI=1S/C21H41NO3/c1-2-3-4-5-6-7-8-9-10-11-12-13-14-15-16-25-21(24)20-17-19(23)18-22-20/h19-20,22-23H,2-18H2,1H3/t19-,20+/m1/s1. The van der Waals surface area contributed by atoms with E-state index in [2.05, 4.69) is 12.2 Å². The second kappa shape index (κ2) is 15.6. The van der Waals surface area contributed by atoms with Crippen LogP contribution in [0.2, 0.25) is 0 Å². The van der Waals surface area contributed by atoms with E-state index < -0.39 is 6.10 Å². The molecule has 0 aromatic rings. The zero-order valence-electron chi connectivity index (χ0n) is 16.4. The second-order valence-corrected chi connectivity index (χ2v) is 7.61. The van der Waals surface area contributed by atoms with Crippen LogP contribution in [-0.4, -0.2) is 36.4 Å². The molecule has 1 aliphatic heterocycles. The first-order valence-electron chi connectivity index (χ1n) is 10.8. The van der Waals surface area contributed by atoms with Crippen molar-refractivity contribution in [3.8, 4) is 0 Å². The van der Waals surface area contributed by atoms with E-state index in [-0.39, 0.29) is 12.0 Å². The summed E-state index contributed by atoms with van der Waals surface area (Å²) >= 11 is 0. The van der Waals surface area contributed by atoms with Crippen molar-refractivity contribution < 1.29 is 14.6 Å². The van der Waals surface area contributed by atoms with Gasteiger partial charge in [0.05, 0.1) is 12.7 Å². The fraction of sp³-hybridized carbons (Fsp3) is 0.952. The molecule has 0 unspecified atom stereocenters. The summed E-state index contributed by atoms with van der Waals surface area (Å²) in [5, 5.41) is 12.4. The molecule has 0 aromatic carbocycles. The molecule has 0 radical (unpaired) electrons. The van der Waals surface area contributed by atoms with Gasteiger partial charge in [-0.1, -0.05) is 90.4 Å². The van der Waals surface area contributed by atoms with Gasteiger partial charge in [0, 0.05) is 13.0 Å². The normalized spacial score (nSPS) is 20.1. The summed E-state index contributed by atoms with van der Waals surface area (Å²) in [6.45, 7) is 3.29. The first-order valence-corrected chi connectivity index (χ1v) is 10.8. The van der Waals surface area contributed by atoms with Crippen LogP contribution < -0.4 is 5.32 Å². The maximum absolute atomic E-state index is 11.7. The molecule has 0 bridgehead atoms. The van der Waals surface area contributed by atoms with E-state index in [0.29, 0.717) is 19.6 Å². The van der Waals surface area contributed by atoms with Crippen molar-refractivity contribution >= 4 is 5.97 Å². The maximum Gasteiger partial charge on any atom is 0.323 e. The Kier molecular flexibility index (Phi) is 14.0. The van der Waals surface area contributed by atoms with E-state index in [9.17, 15) is 9.90 Å². The number of nitrogens with one attached hydrogen (secondary N) is 1. The van der Waals surface area contributed by atoms with Crippen LogP contribution in [0.15, 0.2) is 0 Å². The number of aliphatic hydroxyl groups is 1. The molecule has 0 aromatic heterocycles. The van der Waals surface area contributed by atoms with Crippen molar-refractivity contribution in [1.82, 2.24) is 5.32 Å². The van der Waals surface area contributed by atoms with Gasteiger partial charge in [-0.15, -0.1) is 0 Å². The van der Waals surface area contributed by atoms with Gasteiger partial charge in [-0.05, 0) is 6.42 Å². The van der Waals surface area contributed by atoms with Gasteiger partial charge < -0.3 is 15.2 Å². The second-order valence-electron chi connectivity index (χ2n) is 7.61. The van der Waals surface area contributed by atoms with Crippen molar-refractivity contribution in [2.75, 3.05) is 13.2 Å². The highest BCUT2D eigenvalue weighted by atomic mass is 16.5. The average Bonchev–Trinajstić information content (AvgIpc) is 3.04. The lowest BCUT2D eigenvalue weighted by Crippen LogP contribution is -2.32. The molecular formula is C21H41NO3. The van der Waals surface area contributed by atoms with E-state index in [1.807, 2.05) is 0 Å². The quantitative estimate of drug-likeness (QED) is 0.310. The zero-order chi connectivity index (χ0) is 18.2. The average molecular weight is 356 g/mol. The number of aliphatic hydroxyl groups excluding tert-OH is 1. The number of carbonyl (C=O) groups is 1. The van der Waals surface area contributed by atoms with Gasteiger partial charge in [-0.2, -0.15) is 0 Å². The number of ether oxygens (including phenoxy) is 1. The molecular weight excluding hydrogens is 314 g/mol. The van der Waals surface area contributed by atoms with Crippen molar-refractivity contribution in [1.29, 1.82) is 0 Å². The summed E-state index contributed by atoms with van der Waals surface area (Å²) in [6.07, 6.45) is 18.7. The van der Waals surface area contributed by atoms with Crippen LogP contribution in [0.3, 0.4) is 0 Å². The smallest absolute Gasteiger partial charge is 0.323 e. The highest BCUT2D eigenvalue weighted by Crippen LogP contribution is 2.13. The highest BCUT2D eigenvalue weighted by Gasteiger charge is 2.28. The summed E-state index contributed by atoms with van der Waals surface area (Å²) in [6, 6.07) is -0.304. The molecule has 2 N–H and O–H groups in total. The number of carbonyl (C=O) groups excluding carboxylic acids is 1. The molecule has 4 nitrogen and oxygen atoms in total. The first-order chi connectivity index (χ1) is 12.2. The molecule has 1 heterocycles. The van der Waals surface area contributed by atoms with Crippen LogP contribution in [0.5, 0.6) is 0 Å². The molecule has 4 heteroatoms. The molecule has 0 amide bonds. The van der Waals surface area contributed by atoms with Crippen molar-refractivity contribution in [2.45, 2.75) is 115 Å². The van der Waals surface area contributed by atoms with Crippen LogP contribution in [0.1, 0.15) is 103 Å². The minimum absolute atomic E-state index is 0.203.